The number of rotatable bonds is 2. The first-order valence-corrected chi connectivity index (χ1v) is 2.19. The van der Waals surface area contributed by atoms with E-state index in [0.29, 0.717) is 6.61 Å². The molecule has 3 nitrogen and oxygen atoms in total. The second-order valence-electron chi connectivity index (χ2n) is 1.01. The van der Waals surface area contributed by atoms with Gasteiger partial charge < -0.3 is 0 Å². The zero-order valence-corrected chi connectivity index (χ0v) is 4.60. The van der Waals surface area contributed by atoms with E-state index in [0.717, 1.165) is 0 Å². The van der Waals surface area contributed by atoms with Crippen LogP contribution in [0.3, 0.4) is 0 Å². The maximum atomic E-state index is 10.1. The third kappa shape index (κ3) is 3.19. The third-order valence-corrected chi connectivity index (χ3v) is 0.440. The van der Waals surface area contributed by atoms with Crippen molar-refractivity contribution in [3.8, 4) is 12.3 Å². The molecule has 44 valence electrons. The van der Waals surface area contributed by atoms with Gasteiger partial charge in [-0.3, -0.25) is 9.63 Å². The zero-order valence-electron chi connectivity index (χ0n) is 4.60. The third-order valence-electron chi connectivity index (χ3n) is 0.440. The Morgan fingerprint density at radius 1 is 2.00 bits per heavy atom. The number of nitrogens with one attached hydrogen (secondary N) is 1. The molecule has 0 aromatic carbocycles. The Kier molecular flexibility index (Phi) is 3.63. The molecule has 0 aromatic rings. The highest BCUT2D eigenvalue weighted by Crippen LogP contribution is 1.62. The van der Waals surface area contributed by atoms with Gasteiger partial charge in [0.25, 0.3) is 0 Å². The number of hydrogen-bond acceptors (Lipinski definition) is 2. The van der Waals surface area contributed by atoms with Crippen LogP contribution in [0.2, 0.25) is 0 Å². The quantitative estimate of drug-likeness (QED) is 0.394. The molecule has 0 aliphatic carbocycles. The summed E-state index contributed by atoms with van der Waals surface area (Å²) in [4.78, 5) is 14.5. The standard InChI is InChI=1S/C5H7NO2/c1-3-5(7)6-8-4-2/h1H,4H2,2H3,(H,6,7). The van der Waals surface area contributed by atoms with Crippen LogP contribution in [-0.4, -0.2) is 12.5 Å². The molecule has 0 bridgehead atoms. The molecule has 0 atom stereocenters. The van der Waals surface area contributed by atoms with E-state index >= 15 is 0 Å². The van der Waals surface area contributed by atoms with Crippen molar-refractivity contribution in [3.63, 3.8) is 0 Å². The number of terminal acetylenes is 1. The van der Waals surface area contributed by atoms with Crippen molar-refractivity contribution in [1.29, 1.82) is 0 Å². The van der Waals surface area contributed by atoms with E-state index in [1.807, 2.05) is 11.4 Å². The zero-order chi connectivity index (χ0) is 6.41. The average Bonchev–Trinajstić information content (AvgIpc) is 1.83. The summed E-state index contributed by atoms with van der Waals surface area (Å²) in [6.07, 6.45) is 4.67. The highest BCUT2D eigenvalue weighted by atomic mass is 16.6. The molecule has 0 aliphatic heterocycles. The first-order chi connectivity index (χ1) is 3.81. The van der Waals surface area contributed by atoms with Crippen LogP contribution in [0.15, 0.2) is 0 Å². The fraction of sp³-hybridized carbons (Fsp3) is 0.400. The van der Waals surface area contributed by atoms with Crippen LogP contribution in [0.5, 0.6) is 0 Å². The Morgan fingerprint density at radius 2 is 2.62 bits per heavy atom. The molecule has 0 spiro atoms. The molecule has 1 N–H and O–H groups in total. The van der Waals surface area contributed by atoms with Gasteiger partial charge in [0.2, 0.25) is 0 Å². The Bertz CT molecular complexity index is 114. The van der Waals surface area contributed by atoms with Crippen LogP contribution >= 0.6 is 0 Å². The van der Waals surface area contributed by atoms with Crippen LogP contribution in [-0.2, 0) is 9.63 Å². The summed E-state index contributed by atoms with van der Waals surface area (Å²) in [5.74, 6) is 1.28. The van der Waals surface area contributed by atoms with E-state index < -0.39 is 5.91 Å². The lowest BCUT2D eigenvalue weighted by Gasteiger charge is -1.94. The summed E-state index contributed by atoms with van der Waals surface area (Å²) in [7, 11) is 0. The highest BCUT2D eigenvalue weighted by molar-refractivity contribution is 5.91. The molecular weight excluding hydrogens is 106 g/mol. The fourth-order valence-corrected chi connectivity index (χ4v) is 0.167. The molecule has 0 heterocycles. The maximum Gasteiger partial charge on any atom is 0.319 e. The monoisotopic (exact) mass is 113 g/mol. The van der Waals surface area contributed by atoms with Gasteiger partial charge in [0.1, 0.15) is 0 Å². The minimum atomic E-state index is -0.549. The molecule has 0 rings (SSSR count). The van der Waals surface area contributed by atoms with Gasteiger partial charge in [-0.05, 0) is 12.8 Å². The second kappa shape index (κ2) is 4.16. The first kappa shape index (κ1) is 6.99. The number of carbonyl (C=O) groups is 1. The largest absolute Gasteiger partial charge is 0.319 e. The summed E-state index contributed by atoms with van der Waals surface area (Å²) in [5, 5.41) is 0. The van der Waals surface area contributed by atoms with Crippen molar-refractivity contribution in [2.45, 2.75) is 6.92 Å². The molecule has 1 amide bonds. The van der Waals surface area contributed by atoms with Crippen molar-refractivity contribution in [1.82, 2.24) is 5.48 Å². The van der Waals surface area contributed by atoms with Crippen LogP contribution in [0.4, 0.5) is 0 Å². The number of hydrogen-bond donors (Lipinski definition) is 1. The minimum Gasteiger partial charge on any atom is -0.273 e. The SMILES string of the molecule is C#CC(=O)NOCC. The molecule has 0 saturated carbocycles. The summed E-state index contributed by atoms with van der Waals surface area (Å²) < 4.78 is 0. The van der Waals surface area contributed by atoms with Gasteiger partial charge in [-0.15, -0.1) is 6.42 Å². The molecule has 0 aromatic heterocycles. The lowest BCUT2D eigenvalue weighted by atomic mass is 10.7. The van der Waals surface area contributed by atoms with Gasteiger partial charge in [0, 0.05) is 0 Å². The van der Waals surface area contributed by atoms with Crippen molar-refractivity contribution < 1.29 is 9.63 Å². The smallest absolute Gasteiger partial charge is 0.273 e. The maximum absolute atomic E-state index is 10.1. The van der Waals surface area contributed by atoms with E-state index in [1.165, 1.54) is 0 Å². The molecular formula is C5H7NO2. The second-order valence-corrected chi connectivity index (χ2v) is 1.01. The Morgan fingerprint density at radius 3 is 3.00 bits per heavy atom. The van der Waals surface area contributed by atoms with E-state index in [2.05, 4.69) is 11.3 Å². The molecule has 0 radical (unpaired) electrons. The van der Waals surface area contributed by atoms with E-state index in [9.17, 15) is 4.79 Å². The van der Waals surface area contributed by atoms with Crippen molar-refractivity contribution in [3.05, 3.63) is 0 Å². The summed E-state index contributed by atoms with van der Waals surface area (Å²) in [5.41, 5.74) is 2.01. The van der Waals surface area contributed by atoms with Gasteiger partial charge in [-0.2, -0.15) is 0 Å². The van der Waals surface area contributed by atoms with Gasteiger partial charge in [0.15, 0.2) is 0 Å². The van der Waals surface area contributed by atoms with E-state index in [1.54, 1.807) is 6.92 Å². The van der Waals surface area contributed by atoms with Gasteiger partial charge in [-0.25, -0.2) is 5.48 Å². The van der Waals surface area contributed by atoms with Gasteiger partial charge >= 0.3 is 5.91 Å². The predicted molar refractivity (Wildman–Crippen MR) is 28.6 cm³/mol. The molecule has 0 unspecified atom stereocenters. The first-order valence-electron chi connectivity index (χ1n) is 2.19. The normalized spacial score (nSPS) is 7.50. The van der Waals surface area contributed by atoms with Gasteiger partial charge in [-0.1, -0.05) is 0 Å². The summed E-state index contributed by atoms with van der Waals surface area (Å²) in [6.45, 7) is 2.17. The molecule has 0 fully saturated rings. The van der Waals surface area contributed by atoms with Crippen LogP contribution in [0, 0.1) is 12.3 Å². The van der Waals surface area contributed by atoms with Crippen molar-refractivity contribution in [2.24, 2.45) is 0 Å². The van der Waals surface area contributed by atoms with Crippen LogP contribution in [0.25, 0.3) is 0 Å². The number of hydroxylamine groups is 1. The topological polar surface area (TPSA) is 38.3 Å². The predicted octanol–water partition coefficient (Wildman–Crippen LogP) is -0.313. The molecule has 0 aliphatic rings. The van der Waals surface area contributed by atoms with Crippen molar-refractivity contribution in [2.75, 3.05) is 6.61 Å². The average molecular weight is 113 g/mol. The summed E-state index contributed by atoms with van der Waals surface area (Å²) >= 11 is 0. The lowest BCUT2D eigenvalue weighted by molar-refractivity contribution is -0.127. The highest BCUT2D eigenvalue weighted by Gasteiger charge is 1.88. The number of carbonyl (C=O) groups excluding carboxylic acids is 1. The molecule has 0 saturated heterocycles. The summed E-state index contributed by atoms with van der Waals surface area (Å²) in [6, 6.07) is 0. The van der Waals surface area contributed by atoms with Gasteiger partial charge in [0.05, 0.1) is 6.61 Å². The Labute approximate surface area is 48.0 Å². The number of amides is 1. The Hall–Kier alpha value is -1.01. The molecule has 3 heteroatoms. The minimum absolute atomic E-state index is 0.424. The van der Waals surface area contributed by atoms with Crippen LogP contribution in [0.1, 0.15) is 6.92 Å². The lowest BCUT2D eigenvalue weighted by Crippen LogP contribution is -2.21. The Balaban J connectivity index is 3.16. The van der Waals surface area contributed by atoms with E-state index in [-0.39, 0.29) is 0 Å². The fourth-order valence-electron chi connectivity index (χ4n) is 0.167. The van der Waals surface area contributed by atoms with Crippen LogP contribution < -0.4 is 5.48 Å². The van der Waals surface area contributed by atoms with E-state index in [4.69, 9.17) is 0 Å². The van der Waals surface area contributed by atoms with Crippen molar-refractivity contribution >= 4 is 5.91 Å². The molecule has 8 heavy (non-hydrogen) atoms.